The van der Waals surface area contributed by atoms with Crippen LogP contribution in [0.3, 0.4) is 0 Å². The first-order valence-electron chi connectivity index (χ1n) is 12.3. The topological polar surface area (TPSA) is 64.3 Å². The molecule has 3 heterocycles. The molecule has 0 amide bonds. The SMILES string of the molecule is Cc1ccc(Nc2cc3nc4ccc(F)cc4n(-c4ccc(Cl)cc4)c-3c/c2=N\C2CCOCC2)cn1. The average molecular weight is 514 g/mol. The summed E-state index contributed by atoms with van der Waals surface area (Å²) < 4.78 is 22.0. The van der Waals surface area contributed by atoms with Gasteiger partial charge >= 0.3 is 0 Å². The molecule has 37 heavy (non-hydrogen) atoms. The molecule has 2 aliphatic heterocycles. The Morgan fingerprint density at radius 2 is 1.84 bits per heavy atom. The van der Waals surface area contributed by atoms with Crippen molar-refractivity contribution in [3.8, 4) is 17.1 Å². The van der Waals surface area contributed by atoms with Crippen LogP contribution in [0, 0.1) is 12.7 Å². The second kappa shape index (κ2) is 9.92. The van der Waals surface area contributed by atoms with E-state index in [0.717, 1.165) is 52.3 Å². The second-order valence-corrected chi connectivity index (χ2v) is 9.64. The Balaban J connectivity index is 1.62. The molecule has 0 atom stereocenters. The van der Waals surface area contributed by atoms with Gasteiger partial charge in [0.2, 0.25) is 0 Å². The smallest absolute Gasteiger partial charge is 0.125 e. The van der Waals surface area contributed by atoms with Crippen molar-refractivity contribution >= 4 is 34.0 Å². The van der Waals surface area contributed by atoms with Crippen LogP contribution in [-0.4, -0.2) is 33.8 Å². The number of halogens is 2. The lowest BCUT2D eigenvalue weighted by Gasteiger charge is -2.22. The number of hydrogen-bond acceptors (Lipinski definition) is 5. The number of ether oxygens (including phenoxy) is 1. The predicted molar refractivity (Wildman–Crippen MR) is 144 cm³/mol. The van der Waals surface area contributed by atoms with Gasteiger partial charge in [-0.15, -0.1) is 0 Å². The third kappa shape index (κ3) is 4.92. The van der Waals surface area contributed by atoms with Crippen LogP contribution < -0.4 is 10.7 Å². The molecule has 1 aromatic heterocycles. The molecule has 0 radical (unpaired) electrons. The summed E-state index contributed by atoms with van der Waals surface area (Å²) in [6, 6.07) is 20.3. The Bertz CT molecular complexity index is 1610. The minimum Gasteiger partial charge on any atom is -0.381 e. The van der Waals surface area contributed by atoms with E-state index in [4.69, 9.17) is 26.3 Å². The summed E-state index contributed by atoms with van der Waals surface area (Å²) in [5.41, 5.74) is 6.41. The fourth-order valence-corrected chi connectivity index (χ4v) is 4.77. The van der Waals surface area contributed by atoms with Crippen molar-refractivity contribution in [2.75, 3.05) is 18.5 Å². The van der Waals surface area contributed by atoms with Crippen LogP contribution in [0.1, 0.15) is 18.5 Å². The lowest BCUT2D eigenvalue weighted by molar-refractivity contribution is 0.0864. The van der Waals surface area contributed by atoms with Crippen molar-refractivity contribution < 1.29 is 9.13 Å². The van der Waals surface area contributed by atoms with Gasteiger partial charge in [-0.05, 0) is 80.4 Å². The van der Waals surface area contributed by atoms with Gasteiger partial charge in [-0.1, -0.05) is 11.6 Å². The molecule has 3 aromatic rings. The molecule has 3 aliphatic rings. The van der Waals surface area contributed by atoms with Crippen LogP contribution in [0.5, 0.6) is 0 Å². The molecule has 186 valence electrons. The average Bonchev–Trinajstić information content (AvgIpc) is 2.90. The van der Waals surface area contributed by atoms with Crippen molar-refractivity contribution in [1.29, 1.82) is 0 Å². The van der Waals surface area contributed by atoms with Gasteiger partial charge < -0.3 is 14.6 Å². The molecule has 0 bridgehead atoms. The number of aryl methyl sites for hydroxylation is 1. The second-order valence-electron chi connectivity index (χ2n) is 9.20. The molecule has 6 nitrogen and oxygen atoms in total. The number of anilines is 2. The fraction of sp³-hybridized carbons (Fsp3) is 0.207. The van der Waals surface area contributed by atoms with Crippen molar-refractivity contribution in [2.45, 2.75) is 25.8 Å². The van der Waals surface area contributed by atoms with Crippen molar-refractivity contribution in [3.05, 3.63) is 94.8 Å². The van der Waals surface area contributed by atoms with Crippen LogP contribution in [-0.2, 0) is 4.74 Å². The summed E-state index contributed by atoms with van der Waals surface area (Å²) >= 11 is 6.18. The summed E-state index contributed by atoms with van der Waals surface area (Å²) in [6.07, 6.45) is 3.53. The molecule has 2 aromatic carbocycles. The van der Waals surface area contributed by atoms with E-state index in [9.17, 15) is 4.39 Å². The maximum Gasteiger partial charge on any atom is 0.125 e. The minimum atomic E-state index is -0.325. The summed E-state index contributed by atoms with van der Waals surface area (Å²) in [5.74, 6) is -0.325. The Hall–Kier alpha value is -3.81. The maximum atomic E-state index is 14.4. The van der Waals surface area contributed by atoms with Crippen LogP contribution in [0.25, 0.3) is 28.1 Å². The number of rotatable bonds is 4. The highest BCUT2D eigenvalue weighted by Gasteiger charge is 2.19. The Morgan fingerprint density at radius 3 is 2.59 bits per heavy atom. The number of pyridine rings is 1. The summed E-state index contributed by atoms with van der Waals surface area (Å²) in [4.78, 5) is 14.4. The number of hydrogen-bond donors (Lipinski definition) is 1. The first-order chi connectivity index (χ1) is 18.0. The highest BCUT2D eigenvalue weighted by atomic mass is 35.5. The van der Waals surface area contributed by atoms with E-state index < -0.39 is 0 Å². The summed E-state index contributed by atoms with van der Waals surface area (Å²) in [5, 5.41) is 4.93. The third-order valence-electron chi connectivity index (χ3n) is 6.54. The van der Waals surface area contributed by atoms with Gasteiger partial charge in [-0.3, -0.25) is 9.98 Å². The number of fused-ring (bicyclic) bond motifs is 2. The molecular weight excluding hydrogens is 489 g/mol. The van der Waals surface area contributed by atoms with E-state index in [1.54, 1.807) is 6.07 Å². The number of aromatic nitrogens is 3. The van der Waals surface area contributed by atoms with E-state index in [0.29, 0.717) is 29.3 Å². The van der Waals surface area contributed by atoms with Crippen LogP contribution in [0.2, 0.25) is 5.02 Å². The molecule has 1 saturated heterocycles. The molecule has 1 fully saturated rings. The zero-order chi connectivity index (χ0) is 25.4. The highest BCUT2D eigenvalue weighted by molar-refractivity contribution is 6.30. The first-order valence-corrected chi connectivity index (χ1v) is 12.6. The van der Waals surface area contributed by atoms with Gasteiger partial charge in [0.1, 0.15) is 5.82 Å². The fourth-order valence-electron chi connectivity index (χ4n) is 4.65. The predicted octanol–water partition coefficient (Wildman–Crippen LogP) is 6.45. The van der Waals surface area contributed by atoms with E-state index in [1.165, 1.54) is 12.1 Å². The Morgan fingerprint density at radius 1 is 1.03 bits per heavy atom. The molecule has 0 unspecified atom stereocenters. The lowest BCUT2D eigenvalue weighted by Crippen LogP contribution is -2.23. The van der Waals surface area contributed by atoms with Crippen molar-refractivity contribution in [3.63, 3.8) is 0 Å². The quantitative estimate of drug-likeness (QED) is 0.280. The van der Waals surface area contributed by atoms with Gasteiger partial charge in [0.15, 0.2) is 0 Å². The largest absolute Gasteiger partial charge is 0.381 e. The normalized spacial score (nSPS) is 14.9. The number of nitrogens with zero attached hydrogens (tertiary/aromatic N) is 4. The molecule has 6 rings (SSSR count). The summed E-state index contributed by atoms with van der Waals surface area (Å²) in [6.45, 7) is 3.35. The van der Waals surface area contributed by atoms with Gasteiger partial charge in [-0.25, -0.2) is 9.37 Å². The van der Waals surface area contributed by atoms with E-state index in [2.05, 4.69) is 10.3 Å². The van der Waals surface area contributed by atoms with Gasteiger partial charge in [0, 0.05) is 35.7 Å². The van der Waals surface area contributed by atoms with E-state index >= 15 is 0 Å². The lowest BCUT2D eigenvalue weighted by atomic mass is 10.1. The standard InChI is InChI=1S/C29H25ClFN5O/c1-18-2-6-22(17-32-18)34-25-15-27-29(16-26(25)33-21-10-12-37-13-11-21)36(23-7-3-19(30)4-8-23)28-14-20(31)5-9-24(28)35-27/h2-9,14-17,21,34H,10-13H2,1H3/b33-26+. The molecule has 0 spiro atoms. The van der Waals surface area contributed by atoms with Crippen LogP contribution >= 0.6 is 11.6 Å². The minimum absolute atomic E-state index is 0.151. The molecule has 1 N–H and O–H groups in total. The van der Waals surface area contributed by atoms with Gasteiger partial charge in [-0.2, -0.15) is 0 Å². The van der Waals surface area contributed by atoms with E-state index in [-0.39, 0.29) is 11.9 Å². The Labute approximate surface area is 218 Å². The first kappa shape index (κ1) is 23.6. The van der Waals surface area contributed by atoms with Gasteiger partial charge in [0.25, 0.3) is 0 Å². The Kier molecular flexibility index (Phi) is 6.32. The van der Waals surface area contributed by atoms with Crippen LogP contribution in [0.15, 0.2) is 77.9 Å². The van der Waals surface area contributed by atoms with Crippen LogP contribution in [0.4, 0.5) is 15.8 Å². The molecular formula is C29H25ClFN5O. The zero-order valence-electron chi connectivity index (χ0n) is 20.3. The number of benzene rings is 3. The van der Waals surface area contributed by atoms with Crippen molar-refractivity contribution in [2.24, 2.45) is 4.99 Å². The highest BCUT2D eigenvalue weighted by Crippen LogP contribution is 2.31. The third-order valence-corrected chi connectivity index (χ3v) is 6.79. The van der Waals surface area contributed by atoms with Gasteiger partial charge in [0.05, 0.1) is 51.4 Å². The monoisotopic (exact) mass is 513 g/mol. The molecule has 1 aliphatic carbocycles. The zero-order valence-corrected chi connectivity index (χ0v) is 21.0. The molecule has 8 heteroatoms. The number of nitrogens with one attached hydrogen (secondary N) is 1. The molecule has 0 saturated carbocycles. The van der Waals surface area contributed by atoms with E-state index in [1.807, 2.05) is 66.2 Å². The summed E-state index contributed by atoms with van der Waals surface area (Å²) in [7, 11) is 0. The maximum absolute atomic E-state index is 14.4. The van der Waals surface area contributed by atoms with Crippen molar-refractivity contribution in [1.82, 2.24) is 14.5 Å².